The van der Waals surface area contributed by atoms with Crippen LogP contribution in [0.25, 0.3) is 0 Å². The minimum atomic E-state index is -4.60. The predicted molar refractivity (Wildman–Crippen MR) is 187 cm³/mol. The second-order valence-electron chi connectivity index (χ2n) is 10.4. The molecule has 2 saturated heterocycles. The Morgan fingerprint density at radius 1 is 0.804 bits per heavy atom. The number of aromatic nitrogens is 3. The molecule has 13 nitrogen and oxygen atoms in total. The van der Waals surface area contributed by atoms with Gasteiger partial charge in [0.1, 0.15) is 0 Å². The Morgan fingerprint density at radius 3 is 1.80 bits per heavy atom. The molecule has 266 valence electrons. The molecule has 2 aliphatic heterocycles. The van der Waals surface area contributed by atoms with Gasteiger partial charge in [-0.05, 0) is 68.4 Å². The van der Waals surface area contributed by atoms with Crippen LogP contribution in [0, 0.1) is 0 Å². The second kappa shape index (κ2) is 19.0. The Labute approximate surface area is 279 Å². The molecule has 3 heterocycles. The number of hydrogen-bond acceptors (Lipinski definition) is 12. The molecular weight excluding hydrogens is 627 g/mol. The molecule has 0 spiro atoms. The van der Waals surface area contributed by atoms with Crippen molar-refractivity contribution in [3.8, 4) is 0 Å². The Bertz CT molecular complexity index is 1320. The lowest BCUT2D eigenvalue weighted by molar-refractivity contribution is -0.137. The van der Waals surface area contributed by atoms with Gasteiger partial charge in [-0.1, -0.05) is 24.3 Å². The average Bonchev–Trinajstić information content (AvgIpc) is 2.98. The van der Waals surface area contributed by atoms with Gasteiger partial charge >= 0.3 is 6.18 Å². The molecule has 1 unspecified atom stereocenters. The van der Waals surface area contributed by atoms with Gasteiger partial charge in [-0.15, -0.1) is 12.4 Å². The lowest BCUT2D eigenvalue weighted by Gasteiger charge is -2.30. The maximum absolute atomic E-state index is 13.2. The monoisotopic (exact) mass is 681 g/mol. The zero-order chi connectivity index (χ0) is 28.8. The van der Waals surface area contributed by atoms with Crippen molar-refractivity contribution in [2.24, 2.45) is 0 Å². The number of halogens is 4. The summed E-state index contributed by atoms with van der Waals surface area (Å²) in [5.74, 6) is 1.02. The van der Waals surface area contributed by atoms with E-state index in [1.165, 1.54) is 31.0 Å². The summed E-state index contributed by atoms with van der Waals surface area (Å²) in [6, 6.07) is 11.5. The van der Waals surface area contributed by atoms with Gasteiger partial charge in [0.2, 0.25) is 23.8 Å². The number of benzene rings is 2. The average molecular weight is 682 g/mol. The van der Waals surface area contributed by atoms with Gasteiger partial charge in [0.05, 0.1) is 23.8 Å². The van der Waals surface area contributed by atoms with Crippen LogP contribution in [0.3, 0.4) is 0 Å². The van der Waals surface area contributed by atoms with Crippen LogP contribution >= 0.6 is 12.4 Å². The zero-order valence-corrected chi connectivity index (χ0v) is 26.8. The molecule has 0 saturated carbocycles. The van der Waals surface area contributed by atoms with E-state index in [1.807, 2.05) is 0 Å². The largest absolute Gasteiger partial charge is 0.418 e. The Kier molecular flexibility index (Phi) is 17.4. The lowest BCUT2D eigenvalue weighted by Crippen LogP contribution is -2.34. The van der Waals surface area contributed by atoms with E-state index in [1.54, 1.807) is 24.3 Å². The number of rotatable bonds is 8. The van der Waals surface area contributed by atoms with Crippen LogP contribution in [0.15, 0.2) is 48.5 Å². The predicted octanol–water partition coefficient (Wildman–Crippen LogP) is 7.73. The van der Waals surface area contributed by atoms with E-state index in [9.17, 15) is 23.1 Å². The first kappa shape index (κ1) is 42.2. The third-order valence-electron chi connectivity index (χ3n) is 7.33. The van der Waals surface area contributed by atoms with Crippen LogP contribution in [-0.2, 0) is 11.0 Å². The zero-order valence-electron chi connectivity index (χ0n) is 25.9. The number of piperidine rings is 2. The van der Waals surface area contributed by atoms with Gasteiger partial charge in [0, 0.05) is 37.6 Å². The summed E-state index contributed by atoms with van der Waals surface area (Å²) in [6.45, 7) is 3.63. The van der Waals surface area contributed by atoms with Crippen LogP contribution in [-0.4, -0.2) is 52.1 Å². The number of amides is 1. The van der Waals surface area contributed by atoms with Crippen LogP contribution in [0.5, 0.6) is 0 Å². The van der Waals surface area contributed by atoms with E-state index < -0.39 is 30.2 Å². The van der Waals surface area contributed by atoms with E-state index in [0.29, 0.717) is 29.1 Å². The summed E-state index contributed by atoms with van der Waals surface area (Å²) in [5, 5.41) is 16.1. The van der Waals surface area contributed by atoms with Crippen molar-refractivity contribution in [2.45, 2.75) is 57.2 Å². The summed E-state index contributed by atoms with van der Waals surface area (Å²) >= 11 is 0. The molecule has 5 rings (SSSR count). The molecule has 2 aliphatic rings. The molecule has 0 bridgehead atoms. The molecule has 17 heteroatoms. The van der Waals surface area contributed by atoms with Crippen molar-refractivity contribution in [1.82, 2.24) is 39.6 Å². The van der Waals surface area contributed by atoms with Crippen molar-refractivity contribution >= 4 is 47.5 Å². The third kappa shape index (κ3) is 10.9. The Balaban J connectivity index is -0.000000750. The normalized spacial score (nSPS) is 15.0. The van der Waals surface area contributed by atoms with Crippen molar-refractivity contribution in [3.05, 3.63) is 59.7 Å². The molecule has 2 aromatic carbocycles. The number of aliphatic hydroxyl groups is 1. The highest BCUT2D eigenvalue weighted by atomic mass is 35.5. The number of aliphatic hydroxyl groups excluding tert-OH is 1. The highest BCUT2D eigenvalue weighted by Crippen LogP contribution is 2.35. The van der Waals surface area contributed by atoms with Crippen molar-refractivity contribution in [2.75, 3.05) is 46.6 Å². The molecular formula is C29H55ClF3N11O2. The van der Waals surface area contributed by atoms with E-state index in [4.69, 9.17) is 15.0 Å². The number of carbonyl (C=O) groups is 1. The molecule has 15 N–H and O–H groups in total. The highest BCUT2D eigenvalue weighted by molar-refractivity contribution is 5.92. The van der Waals surface area contributed by atoms with Crippen molar-refractivity contribution in [3.63, 3.8) is 0 Å². The van der Waals surface area contributed by atoms with Crippen molar-refractivity contribution < 1.29 is 28.8 Å². The number of para-hydroxylation sites is 1. The van der Waals surface area contributed by atoms with E-state index in [0.717, 1.165) is 57.9 Å². The van der Waals surface area contributed by atoms with Gasteiger partial charge in [0.25, 0.3) is 0 Å². The second-order valence-corrected chi connectivity index (χ2v) is 10.4. The summed E-state index contributed by atoms with van der Waals surface area (Å²) in [6.07, 6.45) is 0.606. The van der Waals surface area contributed by atoms with Gasteiger partial charge in [-0.25, -0.2) is 0 Å². The molecule has 1 aromatic heterocycles. The van der Waals surface area contributed by atoms with E-state index in [-0.39, 0.29) is 48.4 Å². The first-order valence-electron chi connectivity index (χ1n) is 14.0. The van der Waals surface area contributed by atoms with Gasteiger partial charge < -0.3 is 50.1 Å². The summed E-state index contributed by atoms with van der Waals surface area (Å²) in [5.41, 5.74) is -0.149. The topological polar surface area (TPSA) is 247 Å². The summed E-state index contributed by atoms with van der Waals surface area (Å²) in [7, 11) is 0. The summed E-state index contributed by atoms with van der Waals surface area (Å²) in [4.78, 5) is 31.0. The fourth-order valence-corrected chi connectivity index (χ4v) is 5.13. The van der Waals surface area contributed by atoms with Gasteiger partial charge in [-0.3, -0.25) is 4.79 Å². The minimum absolute atomic E-state index is 0. The number of carbonyl (C=O) groups excluding carboxylic acids is 1. The molecule has 0 radical (unpaired) electrons. The van der Waals surface area contributed by atoms with Gasteiger partial charge in [0.15, 0.2) is 0 Å². The fraction of sp³-hybridized carbons (Fsp3) is 0.448. The molecule has 1 amide bonds. The standard InChI is InChI=1S/C29H34F3N7O2.ClH.4H3N.4H2/c30-29(31,32)22-9-3-4-10-23(22)34-25(41)19-24(40)20-11-13-21(14-12-20)33-26-35-27(38-15-5-1-6-16-38)37-28(36-26)39-17-7-2-8-18-39;;;;;;;;;/h3-4,9-14,24,40H,1-2,5-8,15-19H2,(H,34,41)(H,33,35,36,37);1H;4*1H3;4*1H. The number of nitrogens with zero attached hydrogens (tertiary/aromatic N) is 5. The van der Waals surface area contributed by atoms with Crippen molar-refractivity contribution in [1.29, 1.82) is 0 Å². The molecule has 3 aromatic rings. The number of anilines is 5. The van der Waals surface area contributed by atoms with E-state index in [2.05, 4.69) is 20.4 Å². The molecule has 0 aliphatic carbocycles. The summed E-state index contributed by atoms with van der Waals surface area (Å²) < 4.78 is 39.7. The fourth-order valence-electron chi connectivity index (χ4n) is 5.13. The van der Waals surface area contributed by atoms with Crippen LogP contribution in [0.2, 0.25) is 0 Å². The molecule has 46 heavy (non-hydrogen) atoms. The molecule has 2 fully saturated rings. The Hall–Kier alpha value is -3.80. The Morgan fingerprint density at radius 2 is 1.30 bits per heavy atom. The minimum Gasteiger partial charge on any atom is -0.388 e. The van der Waals surface area contributed by atoms with Crippen LogP contribution < -0.4 is 45.0 Å². The van der Waals surface area contributed by atoms with Crippen LogP contribution in [0.4, 0.5) is 42.4 Å². The first-order chi connectivity index (χ1) is 19.8. The quantitative estimate of drug-likeness (QED) is 0.121. The molecule has 1 atom stereocenters. The third-order valence-corrected chi connectivity index (χ3v) is 7.33. The smallest absolute Gasteiger partial charge is 0.388 e. The van der Waals surface area contributed by atoms with Gasteiger partial charge in [-0.2, -0.15) is 28.1 Å². The highest BCUT2D eigenvalue weighted by Gasteiger charge is 2.33. The van der Waals surface area contributed by atoms with Crippen LogP contribution in [0.1, 0.15) is 67.9 Å². The number of hydrogen-bond donors (Lipinski definition) is 7. The maximum atomic E-state index is 13.2. The lowest BCUT2D eigenvalue weighted by atomic mass is 10.1. The maximum Gasteiger partial charge on any atom is 0.418 e. The SMILES string of the molecule is Cl.N.N.N.N.O=C(CC(O)c1ccc(Nc2nc(N3CCCCC3)nc(N3CCCCC3)n2)cc1)Nc1ccccc1C(F)(F)F.[HH].[HH].[HH].[HH]. The number of alkyl halides is 3. The van der Waals surface area contributed by atoms with E-state index >= 15 is 0 Å². The number of nitrogens with one attached hydrogen (secondary N) is 2. The first-order valence-corrected chi connectivity index (χ1v) is 14.0.